The van der Waals surface area contributed by atoms with Crippen molar-refractivity contribution in [1.82, 2.24) is 4.90 Å². The minimum atomic E-state index is 0.197. The van der Waals surface area contributed by atoms with E-state index >= 15 is 0 Å². The summed E-state index contributed by atoms with van der Waals surface area (Å²) in [5.74, 6) is 1.42. The van der Waals surface area contributed by atoms with Gasteiger partial charge in [0.2, 0.25) is 0 Å². The second kappa shape index (κ2) is 6.76. The molecule has 0 saturated heterocycles. The van der Waals surface area contributed by atoms with Gasteiger partial charge in [-0.25, -0.2) is 0 Å². The first-order valence-electron chi connectivity index (χ1n) is 6.46. The van der Waals surface area contributed by atoms with Gasteiger partial charge in [-0.15, -0.1) is 0 Å². The molecule has 0 radical (unpaired) electrons. The lowest BCUT2D eigenvalue weighted by atomic mass is 9.96. The summed E-state index contributed by atoms with van der Waals surface area (Å²) in [6, 6.07) is 4.34. The zero-order valence-corrected chi connectivity index (χ0v) is 12.2. The maximum absolute atomic E-state index is 8.95. The van der Waals surface area contributed by atoms with Crippen LogP contribution < -0.4 is 4.74 Å². The number of hydrogen-bond acceptors (Lipinski definition) is 3. The molecule has 0 atom stereocenters. The number of aryl methyl sites for hydroxylation is 1. The Kier molecular flexibility index (Phi) is 5.63. The average molecular weight is 251 g/mol. The van der Waals surface area contributed by atoms with E-state index in [-0.39, 0.29) is 6.61 Å². The topological polar surface area (TPSA) is 32.7 Å². The number of aliphatic hydroxyl groups excluding tert-OH is 1. The summed E-state index contributed by atoms with van der Waals surface area (Å²) in [6.07, 6.45) is 0. The Balaban J connectivity index is 3.01. The molecule has 0 unspecified atom stereocenters. The third-order valence-corrected chi connectivity index (χ3v) is 3.23. The van der Waals surface area contributed by atoms with Gasteiger partial charge in [-0.1, -0.05) is 19.9 Å². The molecule has 102 valence electrons. The Morgan fingerprint density at radius 3 is 2.50 bits per heavy atom. The molecule has 0 spiro atoms. The van der Waals surface area contributed by atoms with Crippen molar-refractivity contribution in [3.05, 3.63) is 28.8 Å². The summed E-state index contributed by atoms with van der Waals surface area (Å²) < 4.78 is 5.44. The Labute approximate surface area is 110 Å². The van der Waals surface area contributed by atoms with E-state index in [1.165, 1.54) is 16.7 Å². The van der Waals surface area contributed by atoms with Crippen LogP contribution in [0.2, 0.25) is 0 Å². The molecule has 0 heterocycles. The molecule has 0 amide bonds. The van der Waals surface area contributed by atoms with Crippen LogP contribution in [0.25, 0.3) is 0 Å². The van der Waals surface area contributed by atoms with E-state index in [2.05, 4.69) is 37.8 Å². The van der Waals surface area contributed by atoms with Crippen LogP contribution in [0.1, 0.15) is 36.5 Å². The highest BCUT2D eigenvalue weighted by Gasteiger charge is 2.12. The van der Waals surface area contributed by atoms with E-state index in [0.29, 0.717) is 12.5 Å². The molecule has 0 fully saturated rings. The predicted molar refractivity (Wildman–Crippen MR) is 75.2 cm³/mol. The van der Waals surface area contributed by atoms with Crippen LogP contribution in [0.3, 0.4) is 0 Å². The summed E-state index contributed by atoms with van der Waals surface area (Å²) in [5.41, 5.74) is 3.78. The van der Waals surface area contributed by atoms with E-state index < -0.39 is 0 Å². The minimum Gasteiger partial charge on any atom is -0.496 e. The van der Waals surface area contributed by atoms with E-state index in [4.69, 9.17) is 9.84 Å². The molecular weight excluding hydrogens is 226 g/mol. The van der Waals surface area contributed by atoms with Crippen LogP contribution >= 0.6 is 0 Å². The van der Waals surface area contributed by atoms with Crippen LogP contribution in [-0.2, 0) is 6.54 Å². The number of nitrogens with zero attached hydrogens (tertiary/aromatic N) is 1. The van der Waals surface area contributed by atoms with E-state index in [1.807, 2.05) is 7.05 Å². The third-order valence-electron chi connectivity index (χ3n) is 3.23. The molecule has 0 bridgehead atoms. The molecule has 3 nitrogen and oxygen atoms in total. The maximum Gasteiger partial charge on any atom is 0.122 e. The Morgan fingerprint density at radius 2 is 2.00 bits per heavy atom. The second-order valence-corrected chi connectivity index (χ2v) is 5.14. The SMILES string of the molecule is COc1cc(C)c(CN(C)CCO)cc1C(C)C. The lowest BCUT2D eigenvalue weighted by Crippen LogP contribution is -2.22. The van der Waals surface area contributed by atoms with Gasteiger partial charge in [-0.3, -0.25) is 4.90 Å². The van der Waals surface area contributed by atoms with Crippen LogP contribution in [0.15, 0.2) is 12.1 Å². The van der Waals surface area contributed by atoms with Crippen molar-refractivity contribution in [3.63, 3.8) is 0 Å². The molecule has 1 N–H and O–H groups in total. The highest BCUT2D eigenvalue weighted by Crippen LogP contribution is 2.29. The van der Waals surface area contributed by atoms with Crippen LogP contribution in [0.4, 0.5) is 0 Å². The van der Waals surface area contributed by atoms with Gasteiger partial charge in [-0.2, -0.15) is 0 Å². The zero-order valence-electron chi connectivity index (χ0n) is 12.2. The second-order valence-electron chi connectivity index (χ2n) is 5.14. The fourth-order valence-corrected chi connectivity index (χ4v) is 2.08. The van der Waals surface area contributed by atoms with Crippen LogP contribution in [0.5, 0.6) is 5.75 Å². The quantitative estimate of drug-likeness (QED) is 0.843. The number of benzene rings is 1. The zero-order chi connectivity index (χ0) is 13.7. The van der Waals surface area contributed by atoms with Gasteiger partial charge in [0.05, 0.1) is 13.7 Å². The van der Waals surface area contributed by atoms with Gasteiger partial charge in [0, 0.05) is 13.1 Å². The van der Waals surface area contributed by atoms with Gasteiger partial charge in [0.25, 0.3) is 0 Å². The lowest BCUT2D eigenvalue weighted by Gasteiger charge is -2.20. The van der Waals surface area contributed by atoms with Crippen molar-refractivity contribution in [1.29, 1.82) is 0 Å². The van der Waals surface area contributed by atoms with Gasteiger partial charge < -0.3 is 9.84 Å². The third kappa shape index (κ3) is 3.72. The molecule has 0 aromatic heterocycles. The van der Waals surface area contributed by atoms with Crippen molar-refractivity contribution in [3.8, 4) is 5.75 Å². The molecule has 0 saturated carbocycles. The number of rotatable bonds is 6. The molecule has 3 heteroatoms. The average Bonchev–Trinajstić information content (AvgIpc) is 2.31. The van der Waals surface area contributed by atoms with Crippen LogP contribution in [0, 0.1) is 6.92 Å². The van der Waals surface area contributed by atoms with E-state index in [9.17, 15) is 0 Å². The number of ether oxygens (including phenoxy) is 1. The summed E-state index contributed by atoms with van der Waals surface area (Å²) in [7, 11) is 3.74. The van der Waals surface area contributed by atoms with E-state index in [1.54, 1.807) is 7.11 Å². The minimum absolute atomic E-state index is 0.197. The van der Waals surface area contributed by atoms with Crippen molar-refractivity contribution in [2.24, 2.45) is 0 Å². The van der Waals surface area contributed by atoms with Crippen molar-refractivity contribution < 1.29 is 9.84 Å². The molecule has 1 rings (SSSR count). The van der Waals surface area contributed by atoms with Gasteiger partial charge >= 0.3 is 0 Å². The Bertz CT molecular complexity index is 388. The normalized spacial score (nSPS) is 11.3. The summed E-state index contributed by atoms with van der Waals surface area (Å²) >= 11 is 0. The predicted octanol–water partition coefficient (Wildman–Crippen LogP) is 2.55. The van der Waals surface area contributed by atoms with Gasteiger partial charge in [-0.05, 0) is 42.6 Å². The fourth-order valence-electron chi connectivity index (χ4n) is 2.08. The smallest absolute Gasteiger partial charge is 0.122 e. The molecule has 1 aromatic rings. The molecule has 0 aliphatic rings. The molecular formula is C15H25NO2. The number of likely N-dealkylation sites (N-methyl/N-ethyl adjacent to an activating group) is 1. The summed E-state index contributed by atoms with van der Waals surface area (Å²) in [5, 5.41) is 8.95. The highest BCUT2D eigenvalue weighted by atomic mass is 16.5. The first kappa shape index (κ1) is 15.0. The number of hydrogen-bond donors (Lipinski definition) is 1. The first-order chi connectivity index (χ1) is 8.49. The standard InChI is InChI=1S/C15H25NO2/c1-11(2)14-9-13(10-16(4)6-7-17)12(3)8-15(14)18-5/h8-9,11,17H,6-7,10H2,1-5H3. The fraction of sp³-hybridized carbons (Fsp3) is 0.600. The largest absolute Gasteiger partial charge is 0.496 e. The van der Waals surface area contributed by atoms with Crippen molar-refractivity contribution in [2.45, 2.75) is 33.2 Å². The number of methoxy groups -OCH3 is 1. The van der Waals surface area contributed by atoms with Crippen LogP contribution in [-0.4, -0.2) is 37.3 Å². The highest BCUT2D eigenvalue weighted by molar-refractivity contribution is 5.43. The molecule has 0 aliphatic carbocycles. The number of aliphatic hydroxyl groups is 1. The van der Waals surface area contributed by atoms with Gasteiger partial charge in [0.1, 0.15) is 5.75 Å². The lowest BCUT2D eigenvalue weighted by molar-refractivity contribution is 0.217. The molecule has 0 aliphatic heterocycles. The van der Waals surface area contributed by atoms with Gasteiger partial charge in [0.15, 0.2) is 0 Å². The monoisotopic (exact) mass is 251 g/mol. The Morgan fingerprint density at radius 1 is 1.33 bits per heavy atom. The summed E-state index contributed by atoms with van der Waals surface area (Å²) in [6.45, 7) is 8.21. The van der Waals surface area contributed by atoms with E-state index in [0.717, 1.165) is 12.3 Å². The molecule has 18 heavy (non-hydrogen) atoms. The van der Waals surface area contributed by atoms with Crippen molar-refractivity contribution in [2.75, 3.05) is 27.3 Å². The maximum atomic E-state index is 8.95. The molecule has 1 aromatic carbocycles. The Hall–Kier alpha value is -1.06. The summed E-state index contributed by atoms with van der Waals surface area (Å²) in [4.78, 5) is 2.12. The first-order valence-corrected chi connectivity index (χ1v) is 6.46. The van der Waals surface area contributed by atoms with Crippen molar-refractivity contribution >= 4 is 0 Å².